The number of anilines is 1. The number of carbonyl (C=O) groups is 3. The smallest absolute Gasteiger partial charge is 0.335 e. The fraction of sp³-hybridized carbons (Fsp3) is 0.0588. The minimum Gasteiger partial charge on any atom is -0.478 e. The number of thioether (sulfide) groups is 1. The largest absolute Gasteiger partial charge is 0.478 e. The maximum absolute atomic E-state index is 12.2. The Balaban J connectivity index is 1.70. The van der Waals surface area contributed by atoms with Gasteiger partial charge in [0.2, 0.25) is 11.1 Å². The van der Waals surface area contributed by atoms with Crippen LogP contribution in [-0.2, 0) is 4.79 Å². The Morgan fingerprint density at radius 2 is 1.64 bits per heavy atom. The molecule has 142 valence electrons. The molecule has 1 aromatic heterocycles. The van der Waals surface area contributed by atoms with E-state index in [1.807, 2.05) is 30.3 Å². The van der Waals surface area contributed by atoms with E-state index in [1.54, 1.807) is 0 Å². The fourth-order valence-electron chi connectivity index (χ4n) is 2.27. The van der Waals surface area contributed by atoms with Crippen LogP contribution in [0.1, 0.15) is 20.7 Å². The molecule has 1 amide bonds. The molecule has 3 N–H and O–H groups in total. The summed E-state index contributed by atoms with van der Waals surface area (Å²) >= 11 is 1.08. The first kappa shape index (κ1) is 19.0. The van der Waals surface area contributed by atoms with Crippen molar-refractivity contribution in [2.24, 2.45) is 0 Å². The average molecular weight is 399 g/mol. The topological polar surface area (TPSA) is 147 Å². The van der Waals surface area contributed by atoms with E-state index in [-0.39, 0.29) is 22.6 Å². The third-order valence-electron chi connectivity index (χ3n) is 3.48. The monoisotopic (exact) mass is 399 g/mol. The van der Waals surface area contributed by atoms with Crippen molar-refractivity contribution in [1.82, 2.24) is 20.2 Å². The number of amides is 1. The summed E-state index contributed by atoms with van der Waals surface area (Å²) in [5, 5.41) is 32.4. The van der Waals surface area contributed by atoms with E-state index in [9.17, 15) is 14.4 Å². The van der Waals surface area contributed by atoms with Gasteiger partial charge in [0.05, 0.1) is 22.6 Å². The Morgan fingerprint density at radius 3 is 2.25 bits per heavy atom. The van der Waals surface area contributed by atoms with E-state index in [4.69, 9.17) is 10.2 Å². The van der Waals surface area contributed by atoms with Gasteiger partial charge in [0.1, 0.15) is 0 Å². The second-order valence-electron chi connectivity index (χ2n) is 5.46. The number of aromatic carboxylic acids is 2. The summed E-state index contributed by atoms with van der Waals surface area (Å²) in [7, 11) is 0. The van der Waals surface area contributed by atoms with Crippen LogP contribution >= 0.6 is 11.8 Å². The molecule has 0 aliphatic heterocycles. The van der Waals surface area contributed by atoms with Crippen molar-refractivity contribution >= 4 is 35.3 Å². The number of carboxylic acids is 2. The highest BCUT2D eigenvalue weighted by Crippen LogP contribution is 2.20. The van der Waals surface area contributed by atoms with E-state index >= 15 is 0 Å². The van der Waals surface area contributed by atoms with Crippen molar-refractivity contribution in [3.05, 3.63) is 59.7 Å². The number of para-hydroxylation sites is 1. The Morgan fingerprint density at radius 1 is 1.00 bits per heavy atom. The summed E-state index contributed by atoms with van der Waals surface area (Å²) in [4.78, 5) is 34.5. The van der Waals surface area contributed by atoms with Crippen molar-refractivity contribution in [3.8, 4) is 5.69 Å². The van der Waals surface area contributed by atoms with Crippen LogP contribution in [0, 0.1) is 0 Å². The van der Waals surface area contributed by atoms with Crippen LogP contribution in [0.15, 0.2) is 53.7 Å². The maximum Gasteiger partial charge on any atom is 0.335 e. The van der Waals surface area contributed by atoms with E-state index in [2.05, 4.69) is 20.8 Å². The number of carboxylic acid groups (broad SMARTS) is 2. The van der Waals surface area contributed by atoms with Gasteiger partial charge in [-0.3, -0.25) is 4.79 Å². The second kappa shape index (κ2) is 8.31. The lowest BCUT2D eigenvalue weighted by molar-refractivity contribution is -0.113. The van der Waals surface area contributed by atoms with Crippen molar-refractivity contribution < 1.29 is 24.6 Å². The van der Waals surface area contributed by atoms with Crippen molar-refractivity contribution in [2.75, 3.05) is 11.1 Å². The first-order valence-corrected chi connectivity index (χ1v) is 8.81. The van der Waals surface area contributed by atoms with E-state index in [0.717, 1.165) is 23.5 Å². The van der Waals surface area contributed by atoms with Gasteiger partial charge in [0.25, 0.3) is 0 Å². The molecule has 10 nitrogen and oxygen atoms in total. The molecule has 1 heterocycles. The number of nitrogens with zero attached hydrogens (tertiary/aromatic N) is 4. The summed E-state index contributed by atoms with van der Waals surface area (Å²) in [6.07, 6.45) is 0. The van der Waals surface area contributed by atoms with Crippen LogP contribution in [0.3, 0.4) is 0 Å². The molecule has 0 aliphatic rings. The minimum atomic E-state index is -1.30. The van der Waals surface area contributed by atoms with Gasteiger partial charge in [-0.15, -0.1) is 5.10 Å². The lowest BCUT2D eigenvalue weighted by atomic mass is 10.1. The number of hydrogen-bond acceptors (Lipinski definition) is 7. The van der Waals surface area contributed by atoms with Crippen LogP contribution in [0.2, 0.25) is 0 Å². The number of aromatic nitrogens is 4. The molecule has 3 aromatic rings. The maximum atomic E-state index is 12.2. The Kier molecular flexibility index (Phi) is 5.65. The molecule has 0 aliphatic carbocycles. The summed E-state index contributed by atoms with van der Waals surface area (Å²) in [5.41, 5.74) is 0.327. The first-order chi connectivity index (χ1) is 13.4. The summed E-state index contributed by atoms with van der Waals surface area (Å²) in [5.74, 6) is -3.12. The number of nitrogens with one attached hydrogen (secondary N) is 1. The normalized spacial score (nSPS) is 10.4. The van der Waals surface area contributed by atoms with Gasteiger partial charge in [0.15, 0.2) is 0 Å². The molecule has 3 rings (SSSR count). The van der Waals surface area contributed by atoms with Crippen LogP contribution in [0.5, 0.6) is 0 Å². The van der Waals surface area contributed by atoms with Gasteiger partial charge >= 0.3 is 11.9 Å². The molecule has 11 heteroatoms. The quantitative estimate of drug-likeness (QED) is 0.506. The minimum absolute atomic E-state index is 0.0626. The predicted octanol–water partition coefficient (Wildman–Crippen LogP) is 1.79. The van der Waals surface area contributed by atoms with Gasteiger partial charge in [-0.25, -0.2) is 9.59 Å². The molecule has 0 atom stereocenters. The lowest BCUT2D eigenvalue weighted by Gasteiger charge is -2.08. The molecular formula is C17H13N5O5S. The third-order valence-corrected chi connectivity index (χ3v) is 4.40. The predicted molar refractivity (Wildman–Crippen MR) is 98.9 cm³/mol. The molecule has 0 fully saturated rings. The second-order valence-corrected chi connectivity index (χ2v) is 6.40. The van der Waals surface area contributed by atoms with Gasteiger partial charge < -0.3 is 15.5 Å². The molecule has 28 heavy (non-hydrogen) atoms. The van der Waals surface area contributed by atoms with Crippen molar-refractivity contribution in [2.45, 2.75) is 5.16 Å². The highest BCUT2D eigenvalue weighted by atomic mass is 32.2. The highest BCUT2D eigenvalue weighted by molar-refractivity contribution is 7.99. The summed E-state index contributed by atoms with van der Waals surface area (Å²) in [6.45, 7) is 0. The van der Waals surface area contributed by atoms with E-state index in [0.29, 0.717) is 5.16 Å². The van der Waals surface area contributed by atoms with Crippen LogP contribution in [0.4, 0.5) is 5.69 Å². The number of carbonyl (C=O) groups excluding carboxylic acids is 1. The average Bonchev–Trinajstić information content (AvgIpc) is 3.15. The highest BCUT2D eigenvalue weighted by Gasteiger charge is 2.15. The van der Waals surface area contributed by atoms with Gasteiger partial charge in [-0.05, 0) is 40.8 Å². The fourth-order valence-corrected chi connectivity index (χ4v) is 2.96. The van der Waals surface area contributed by atoms with Crippen LogP contribution in [-0.4, -0.2) is 54.0 Å². The van der Waals surface area contributed by atoms with Gasteiger partial charge in [-0.2, -0.15) is 4.68 Å². The Bertz CT molecular complexity index is 1010. The number of rotatable bonds is 7. The van der Waals surface area contributed by atoms with Crippen molar-refractivity contribution in [1.29, 1.82) is 0 Å². The zero-order chi connectivity index (χ0) is 20.1. The lowest BCUT2D eigenvalue weighted by Crippen LogP contribution is -2.16. The third kappa shape index (κ3) is 4.51. The molecule has 0 saturated heterocycles. The van der Waals surface area contributed by atoms with Gasteiger partial charge in [-0.1, -0.05) is 30.0 Å². The SMILES string of the molecule is O=C(CSc1nnnn1-c1ccccc1)Nc1cc(C(=O)O)cc(C(=O)O)c1. The van der Waals surface area contributed by atoms with E-state index in [1.165, 1.54) is 16.8 Å². The number of hydrogen-bond donors (Lipinski definition) is 3. The zero-order valence-corrected chi connectivity index (χ0v) is 15.0. The summed E-state index contributed by atoms with van der Waals surface area (Å²) < 4.78 is 1.48. The molecule has 2 aromatic carbocycles. The summed E-state index contributed by atoms with van der Waals surface area (Å²) in [6, 6.07) is 12.5. The zero-order valence-electron chi connectivity index (χ0n) is 14.1. The standard InChI is InChI=1S/C17H13N5O5S/c23-14(18-12-7-10(15(24)25)6-11(8-12)16(26)27)9-28-17-19-20-21-22(17)13-4-2-1-3-5-13/h1-8H,9H2,(H,18,23)(H,24,25)(H,26,27). The van der Waals surface area contributed by atoms with Crippen LogP contribution in [0.25, 0.3) is 5.69 Å². The first-order valence-electron chi connectivity index (χ1n) is 7.82. The Hall–Kier alpha value is -3.73. The molecule has 0 unspecified atom stereocenters. The number of benzene rings is 2. The van der Waals surface area contributed by atoms with Gasteiger partial charge in [0, 0.05) is 5.69 Å². The molecule has 0 spiro atoms. The van der Waals surface area contributed by atoms with Crippen molar-refractivity contribution in [3.63, 3.8) is 0 Å². The number of tetrazole rings is 1. The molecule has 0 saturated carbocycles. The van der Waals surface area contributed by atoms with Crippen LogP contribution < -0.4 is 5.32 Å². The Labute approximate surface area is 162 Å². The molecule has 0 radical (unpaired) electrons. The molecular weight excluding hydrogens is 386 g/mol. The molecule has 0 bridgehead atoms. The van der Waals surface area contributed by atoms with E-state index < -0.39 is 17.8 Å².